The van der Waals surface area contributed by atoms with E-state index in [-0.39, 0.29) is 26.9 Å². The molecule has 0 radical (unpaired) electrons. The number of halogens is 4. The van der Waals surface area contributed by atoms with Crippen molar-refractivity contribution in [2.45, 2.75) is 0 Å². The molecule has 0 aliphatic carbocycles. The van der Waals surface area contributed by atoms with Gasteiger partial charge in [-0.05, 0) is 30.3 Å². The second-order valence-electron chi connectivity index (χ2n) is 3.85. The molecule has 98 valence electrons. The van der Waals surface area contributed by atoms with Gasteiger partial charge < -0.3 is 5.73 Å². The van der Waals surface area contributed by atoms with E-state index in [0.717, 1.165) is 12.1 Å². The van der Waals surface area contributed by atoms with Crippen molar-refractivity contribution in [1.82, 2.24) is 0 Å². The molecule has 2 aromatic rings. The number of carbonyl (C=O) groups is 1. The van der Waals surface area contributed by atoms with Crippen LogP contribution >= 0.6 is 34.8 Å². The first-order valence-electron chi connectivity index (χ1n) is 5.14. The molecule has 2 nitrogen and oxygen atoms in total. The Balaban J connectivity index is 2.56. The molecule has 0 heterocycles. The summed E-state index contributed by atoms with van der Waals surface area (Å²) in [5, 5.41) is 0.515. The fraction of sp³-hybridized carbons (Fsp3) is 0. The molecule has 2 aromatic carbocycles. The van der Waals surface area contributed by atoms with Crippen LogP contribution in [-0.4, -0.2) is 5.78 Å². The number of hydrogen-bond acceptors (Lipinski definition) is 2. The van der Waals surface area contributed by atoms with Crippen LogP contribution < -0.4 is 5.73 Å². The molecule has 6 heteroatoms. The third-order valence-corrected chi connectivity index (χ3v) is 3.23. The smallest absolute Gasteiger partial charge is 0.196 e. The van der Waals surface area contributed by atoms with Crippen molar-refractivity contribution in [3.63, 3.8) is 0 Å². The van der Waals surface area contributed by atoms with E-state index in [0.29, 0.717) is 5.02 Å². The summed E-state index contributed by atoms with van der Waals surface area (Å²) in [5.41, 5.74) is 5.78. The van der Waals surface area contributed by atoms with Crippen LogP contribution in [0.5, 0.6) is 0 Å². The van der Waals surface area contributed by atoms with Gasteiger partial charge >= 0.3 is 0 Å². The molecule has 0 aliphatic heterocycles. The highest BCUT2D eigenvalue weighted by atomic mass is 35.5. The van der Waals surface area contributed by atoms with E-state index in [9.17, 15) is 9.18 Å². The Morgan fingerprint density at radius 3 is 2.11 bits per heavy atom. The number of benzene rings is 2. The van der Waals surface area contributed by atoms with Gasteiger partial charge in [-0.25, -0.2) is 4.39 Å². The average Bonchev–Trinajstić information content (AvgIpc) is 2.25. The Labute approximate surface area is 123 Å². The second kappa shape index (κ2) is 5.37. The van der Waals surface area contributed by atoms with E-state index in [1.807, 2.05) is 0 Å². The van der Waals surface area contributed by atoms with Gasteiger partial charge in [0.1, 0.15) is 5.82 Å². The van der Waals surface area contributed by atoms with Gasteiger partial charge in [-0.2, -0.15) is 0 Å². The van der Waals surface area contributed by atoms with Crippen LogP contribution in [0.1, 0.15) is 15.9 Å². The van der Waals surface area contributed by atoms with Crippen molar-refractivity contribution in [1.29, 1.82) is 0 Å². The van der Waals surface area contributed by atoms with Crippen molar-refractivity contribution in [2.24, 2.45) is 0 Å². The summed E-state index contributed by atoms with van der Waals surface area (Å²) in [5.74, 6) is -1.12. The predicted molar refractivity (Wildman–Crippen MR) is 75.7 cm³/mol. The molecule has 19 heavy (non-hydrogen) atoms. The number of nitrogen functional groups attached to an aromatic ring is 1. The Morgan fingerprint density at radius 1 is 1.00 bits per heavy atom. The lowest BCUT2D eigenvalue weighted by molar-refractivity contribution is 0.103. The third kappa shape index (κ3) is 3.00. The van der Waals surface area contributed by atoms with Crippen molar-refractivity contribution >= 4 is 46.3 Å². The van der Waals surface area contributed by atoms with Gasteiger partial charge in [0.05, 0.1) is 15.6 Å². The molecule has 0 fully saturated rings. The fourth-order valence-electron chi connectivity index (χ4n) is 1.65. The first-order valence-corrected chi connectivity index (χ1v) is 6.27. The number of rotatable bonds is 2. The molecule has 0 saturated carbocycles. The summed E-state index contributed by atoms with van der Waals surface area (Å²) in [7, 11) is 0. The zero-order valence-electron chi connectivity index (χ0n) is 9.38. The van der Waals surface area contributed by atoms with E-state index in [4.69, 9.17) is 40.5 Å². The summed E-state index contributed by atoms with van der Waals surface area (Å²) in [4.78, 5) is 12.3. The number of hydrogen-bond donors (Lipinski definition) is 1. The van der Waals surface area contributed by atoms with Crippen LogP contribution in [0.15, 0.2) is 30.3 Å². The highest BCUT2D eigenvalue weighted by Gasteiger charge is 2.18. The third-order valence-electron chi connectivity index (χ3n) is 2.42. The monoisotopic (exact) mass is 317 g/mol. The molecular formula is C13H7Cl3FNO. The zero-order valence-corrected chi connectivity index (χ0v) is 11.7. The molecule has 0 spiro atoms. The molecule has 0 saturated heterocycles. The quantitative estimate of drug-likeness (QED) is 0.649. The first-order chi connectivity index (χ1) is 8.88. The number of anilines is 1. The minimum Gasteiger partial charge on any atom is -0.399 e. The average molecular weight is 319 g/mol. The number of carbonyl (C=O) groups excluding carboxylic acids is 1. The van der Waals surface area contributed by atoms with Gasteiger partial charge in [0.25, 0.3) is 0 Å². The van der Waals surface area contributed by atoms with E-state index in [2.05, 4.69) is 0 Å². The lowest BCUT2D eigenvalue weighted by Gasteiger charge is -2.08. The summed E-state index contributed by atoms with van der Waals surface area (Å²) in [6.07, 6.45) is 0. The van der Waals surface area contributed by atoms with Crippen LogP contribution in [0.3, 0.4) is 0 Å². The van der Waals surface area contributed by atoms with Gasteiger partial charge in [-0.1, -0.05) is 34.8 Å². The van der Waals surface area contributed by atoms with E-state index in [1.165, 1.54) is 18.2 Å². The molecule has 2 N–H and O–H groups in total. The minimum absolute atomic E-state index is 0.0673. The molecule has 2 rings (SSSR count). The van der Waals surface area contributed by atoms with Crippen LogP contribution in [0.4, 0.5) is 10.1 Å². The molecule has 0 aliphatic rings. The Morgan fingerprint density at radius 2 is 1.58 bits per heavy atom. The van der Waals surface area contributed by atoms with Crippen LogP contribution in [-0.2, 0) is 0 Å². The Kier molecular flexibility index (Phi) is 3.99. The highest BCUT2D eigenvalue weighted by Crippen LogP contribution is 2.31. The van der Waals surface area contributed by atoms with Gasteiger partial charge in [0, 0.05) is 16.3 Å². The maximum Gasteiger partial charge on any atom is 0.196 e. The van der Waals surface area contributed by atoms with Gasteiger partial charge in [0.2, 0.25) is 0 Å². The first kappa shape index (κ1) is 14.1. The maximum atomic E-state index is 13.2. The molecule has 0 atom stereocenters. The number of nitrogens with two attached hydrogens (primary N) is 1. The van der Waals surface area contributed by atoms with Crippen LogP contribution in [0.25, 0.3) is 0 Å². The maximum absolute atomic E-state index is 13.2. The minimum atomic E-state index is -0.607. The Hall–Kier alpha value is -1.29. The number of ketones is 1. The predicted octanol–water partition coefficient (Wildman–Crippen LogP) is 4.60. The molecular weight excluding hydrogens is 312 g/mol. The van der Waals surface area contributed by atoms with Crippen molar-refractivity contribution in [2.75, 3.05) is 5.73 Å². The lowest BCUT2D eigenvalue weighted by Crippen LogP contribution is -2.05. The van der Waals surface area contributed by atoms with Crippen molar-refractivity contribution in [3.8, 4) is 0 Å². The zero-order chi connectivity index (χ0) is 14.2. The molecule has 0 bridgehead atoms. The van der Waals surface area contributed by atoms with E-state index >= 15 is 0 Å². The second-order valence-corrected chi connectivity index (χ2v) is 5.10. The molecule has 0 amide bonds. The Bertz CT molecular complexity index is 630. The standard InChI is InChI=1S/C13H7Cl3FNO/c14-7-3-10(15)12(11(16)4-7)13(19)6-1-8(17)5-9(18)2-6/h1-5H,18H2. The van der Waals surface area contributed by atoms with E-state index < -0.39 is 11.6 Å². The fourth-order valence-corrected chi connectivity index (χ4v) is 2.64. The van der Waals surface area contributed by atoms with E-state index in [1.54, 1.807) is 0 Å². The van der Waals surface area contributed by atoms with Crippen LogP contribution in [0, 0.1) is 5.82 Å². The van der Waals surface area contributed by atoms with Crippen molar-refractivity contribution in [3.05, 3.63) is 62.3 Å². The molecule has 0 aromatic heterocycles. The summed E-state index contributed by atoms with van der Waals surface area (Å²) in [6, 6.07) is 6.32. The SMILES string of the molecule is Nc1cc(F)cc(C(=O)c2c(Cl)cc(Cl)cc2Cl)c1. The topological polar surface area (TPSA) is 43.1 Å². The van der Waals surface area contributed by atoms with Crippen LogP contribution in [0.2, 0.25) is 15.1 Å². The summed E-state index contributed by atoms with van der Waals surface area (Å²) in [6.45, 7) is 0. The molecule has 0 unspecified atom stereocenters. The lowest BCUT2D eigenvalue weighted by atomic mass is 10.0. The normalized spacial score (nSPS) is 10.5. The largest absolute Gasteiger partial charge is 0.399 e. The van der Waals surface area contributed by atoms with Gasteiger partial charge in [-0.3, -0.25) is 4.79 Å². The van der Waals surface area contributed by atoms with Crippen molar-refractivity contribution < 1.29 is 9.18 Å². The van der Waals surface area contributed by atoms with Gasteiger partial charge in [0.15, 0.2) is 5.78 Å². The van der Waals surface area contributed by atoms with Gasteiger partial charge in [-0.15, -0.1) is 0 Å². The summed E-state index contributed by atoms with van der Waals surface area (Å²) >= 11 is 17.7. The highest BCUT2D eigenvalue weighted by molar-refractivity contribution is 6.43. The summed E-state index contributed by atoms with van der Waals surface area (Å²) < 4.78 is 13.2.